The highest BCUT2D eigenvalue weighted by molar-refractivity contribution is 6.31. The molecule has 1 heterocycles. The Morgan fingerprint density at radius 2 is 1.66 bits per heavy atom. The van der Waals surface area contributed by atoms with Gasteiger partial charge in [-0.05, 0) is 17.7 Å². The van der Waals surface area contributed by atoms with Gasteiger partial charge < -0.3 is 15.2 Å². The lowest BCUT2D eigenvalue weighted by Gasteiger charge is -2.35. The van der Waals surface area contributed by atoms with Crippen LogP contribution in [0.3, 0.4) is 0 Å². The first kappa shape index (κ1) is 22.8. The van der Waals surface area contributed by atoms with Crippen molar-refractivity contribution >= 4 is 29.2 Å². The number of methoxy groups -OCH3 is 2. The molecule has 1 aliphatic rings. The van der Waals surface area contributed by atoms with Gasteiger partial charge in [-0.2, -0.15) is 5.26 Å². The molecule has 1 atom stereocenters. The van der Waals surface area contributed by atoms with Crippen molar-refractivity contribution in [3.8, 4) is 6.07 Å². The topological polar surface area (TPSA) is 106 Å². The van der Waals surface area contributed by atoms with E-state index in [2.05, 4.69) is 0 Å². The number of nitrogens with two attached hydrogens (primary N) is 1. The molecule has 1 aliphatic heterocycles. The predicted molar refractivity (Wildman–Crippen MR) is 111 cm³/mol. The molecule has 0 spiro atoms. The molecule has 7 nitrogen and oxygen atoms in total. The number of rotatable bonds is 4. The van der Waals surface area contributed by atoms with Gasteiger partial charge in [-0.25, -0.2) is 18.4 Å². The van der Waals surface area contributed by atoms with Crippen LogP contribution in [0, 0.1) is 23.0 Å². The molecule has 0 aliphatic carbocycles. The van der Waals surface area contributed by atoms with Gasteiger partial charge in [0.15, 0.2) is 0 Å². The lowest BCUT2D eigenvalue weighted by Crippen LogP contribution is -2.40. The number of nitriles is 1. The molecule has 2 aromatic rings. The molecule has 1 unspecified atom stereocenters. The van der Waals surface area contributed by atoms with Crippen LogP contribution in [0.5, 0.6) is 0 Å². The Balaban J connectivity index is 2.44. The van der Waals surface area contributed by atoms with E-state index in [0.29, 0.717) is 5.56 Å². The SMILES string of the molecule is COC(=O)C1=C(C(=O)OC)N(c2cc(F)c(Cl)c(F)c2)C(N)=C(C#N)C1c1ccccc1. The number of benzene rings is 2. The summed E-state index contributed by atoms with van der Waals surface area (Å²) >= 11 is 5.57. The number of allylic oxidation sites excluding steroid dienone is 1. The summed E-state index contributed by atoms with van der Waals surface area (Å²) in [6.45, 7) is 0. The van der Waals surface area contributed by atoms with Crippen molar-refractivity contribution in [3.05, 3.63) is 87.3 Å². The Bertz CT molecular complexity index is 1180. The van der Waals surface area contributed by atoms with Crippen molar-refractivity contribution in [3.63, 3.8) is 0 Å². The van der Waals surface area contributed by atoms with Crippen molar-refractivity contribution < 1.29 is 27.8 Å². The van der Waals surface area contributed by atoms with E-state index in [-0.39, 0.29) is 22.7 Å². The van der Waals surface area contributed by atoms with Gasteiger partial charge >= 0.3 is 11.9 Å². The van der Waals surface area contributed by atoms with E-state index in [0.717, 1.165) is 31.3 Å². The number of carbonyl (C=O) groups is 2. The number of hydrogen-bond donors (Lipinski definition) is 1. The normalized spacial score (nSPS) is 16.0. The molecule has 0 amide bonds. The van der Waals surface area contributed by atoms with E-state index in [1.54, 1.807) is 30.3 Å². The highest BCUT2D eigenvalue weighted by Gasteiger charge is 2.43. The second kappa shape index (κ2) is 9.08. The number of ether oxygens (including phenoxy) is 2. The van der Waals surface area contributed by atoms with Gasteiger partial charge in [0.05, 0.1) is 43.0 Å². The number of esters is 2. The summed E-state index contributed by atoms with van der Waals surface area (Å²) in [6, 6.07) is 11.9. The van der Waals surface area contributed by atoms with Crippen LogP contribution in [0.25, 0.3) is 0 Å². The Kier molecular flexibility index (Phi) is 6.46. The van der Waals surface area contributed by atoms with Crippen LogP contribution in [0.4, 0.5) is 14.5 Å². The minimum atomic E-state index is -1.14. The maximum absolute atomic E-state index is 14.2. The molecule has 0 aromatic heterocycles. The minimum absolute atomic E-state index is 0.139. The van der Waals surface area contributed by atoms with E-state index in [4.69, 9.17) is 26.8 Å². The van der Waals surface area contributed by atoms with Crippen molar-refractivity contribution in [2.45, 2.75) is 5.92 Å². The molecule has 0 bridgehead atoms. The Morgan fingerprint density at radius 3 is 2.16 bits per heavy atom. The molecule has 32 heavy (non-hydrogen) atoms. The van der Waals surface area contributed by atoms with Crippen LogP contribution >= 0.6 is 11.6 Å². The van der Waals surface area contributed by atoms with Crippen LogP contribution in [-0.2, 0) is 19.1 Å². The van der Waals surface area contributed by atoms with Crippen LogP contribution in [-0.4, -0.2) is 26.2 Å². The average Bonchev–Trinajstić information content (AvgIpc) is 2.80. The number of carbonyl (C=O) groups excluding carboxylic acids is 2. The quantitative estimate of drug-likeness (QED) is 0.550. The first-order valence-electron chi connectivity index (χ1n) is 9.06. The Hall–Kier alpha value is -3.90. The molecular weight excluding hydrogens is 444 g/mol. The number of anilines is 1. The zero-order valence-corrected chi connectivity index (χ0v) is 17.6. The smallest absolute Gasteiger partial charge is 0.355 e. The predicted octanol–water partition coefficient (Wildman–Crippen LogP) is 3.52. The molecular formula is C22H16ClF2N3O4. The number of nitrogens with zero attached hydrogens (tertiary/aromatic N) is 2. The number of halogens is 3. The molecule has 3 rings (SSSR count). The second-order valence-electron chi connectivity index (χ2n) is 6.56. The van der Waals surface area contributed by atoms with E-state index < -0.39 is 40.2 Å². The highest BCUT2D eigenvalue weighted by atomic mass is 35.5. The summed E-state index contributed by atoms with van der Waals surface area (Å²) in [5, 5.41) is 9.12. The summed E-state index contributed by atoms with van der Waals surface area (Å²) in [4.78, 5) is 26.6. The zero-order chi connectivity index (χ0) is 23.6. The molecule has 0 fully saturated rings. The molecule has 164 valence electrons. The largest absolute Gasteiger partial charge is 0.466 e. The van der Waals surface area contributed by atoms with Crippen LogP contribution in [0.2, 0.25) is 5.02 Å². The van der Waals surface area contributed by atoms with Crippen LogP contribution in [0.15, 0.2) is 65.1 Å². The summed E-state index contributed by atoms with van der Waals surface area (Å²) in [6.07, 6.45) is 0. The molecule has 0 saturated carbocycles. The van der Waals surface area contributed by atoms with Crippen LogP contribution < -0.4 is 10.6 Å². The van der Waals surface area contributed by atoms with E-state index in [1.807, 2.05) is 6.07 Å². The lowest BCUT2D eigenvalue weighted by atomic mass is 9.81. The maximum atomic E-state index is 14.2. The fraction of sp³-hybridized carbons (Fsp3) is 0.136. The Morgan fingerprint density at radius 1 is 1.09 bits per heavy atom. The van der Waals surface area contributed by atoms with E-state index in [1.165, 1.54) is 0 Å². The van der Waals surface area contributed by atoms with Gasteiger partial charge in [-0.1, -0.05) is 41.9 Å². The van der Waals surface area contributed by atoms with Gasteiger partial charge in [-0.3, -0.25) is 4.90 Å². The van der Waals surface area contributed by atoms with Crippen LogP contribution in [0.1, 0.15) is 11.5 Å². The van der Waals surface area contributed by atoms with Gasteiger partial charge in [-0.15, -0.1) is 0 Å². The van der Waals surface area contributed by atoms with Crippen molar-refractivity contribution in [1.29, 1.82) is 5.26 Å². The lowest BCUT2D eigenvalue weighted by molar-refractivity contribution is -0.139. The minimum Gasteiger partial charge on any atom is -0.466 e. The highest BCUT2D eigenvalue weighted by Crippen LogP contribution is 2.43. The fourth-order valence-electron chi connectivity index (χ4n) is 3.45. The van der Waals surface area contributed by atoms with Gasteiger partial charge in [0.25, 0.3) is 0 Å². The van der Waals surface area contributed by atoms with Crippen molar-refractivity contribution in [2.75, 3.05) is 19.1 Å². The number of hydrogen-bond acceptors (Lipinski definition) is 7. The molecule has 0 radical (unpaired) electrons. The van der Waals surface area contributed by atoms with Gasteiger partial charge in [0.1, 0.15) is 28.2 Å². The monoisotopic (exact) mass is 459 g/mol. The Labute approximate surface area is 186 Å². The third-order valence-corrected chi connectivity index (χ3v) is 5.20. The van der Waals surface area contributed by atoms with E-state index >= 15 is 0 Å². The summed E-state index contributed by atoms with van der Waals surface area (Å²) < 4.78 is 38.2. The van der Waals surface area contributed by atoms with Gasteiger partial charge in [0.2, 0.25) is 0 Å². The summed E-state index contributed by atoms with van der Waals surface area (Å²) in [7, 11) is 2.15. The first-order chi connectivity index (χ1) is 15.3. The van der Waals surface area contributed by atoms with Gasteiger partial charge in [0, 0.05) is 0 Å². The van der Waals surface area contributed by atoms with Crippen molar-refractivity contribution in [1.82, 2.24) is 0 Å². The third kappa shape index (κ3) is 3.76. The van der Waals surface area contributed by atoms with E-state index in [9.17, 15) is 23.6 Å². The molecule has 0 saturated heterocycles. The molecule has 2 aromatic carbocycles. The van der Waals surface area contributed by atoms with Crippen molar-refractivity contribution in [2.24, 2.45) is 5.73 Å². The molecule has 10 heteroatoms. The zero-order valence-electron chi connectivity index (χ0n) is 16.9. The second-order valence-corrected chi connectivity index (χ2v) is 6.94. The first-order valence-corrected chi connectivity index (χ1v) is 9.44. The molecule has 2 N–H and O–H groups in total. The summed E-state index contributed by atoms with van der Waals surface area (Å²) in [5.74, 6) is -5.69. The third-order valence-electron chi connectivity index (χ3n) is 4.84. The summed E-state index contributed by atoms with van der Waals surface area (Å²) in [5.41, 5.74) is 5.52. The maximum Gasteiger partial charge on any atom is 0.355 e. The standard InChI is InChI=1S/C22H16ClF2N3O4/c1-31-21(29)17-16(11-6-4-3-5-7-11)13(10-26)20(27)28(19(17)22(30)32-2)12-8-14(24)18(23)15(25)9-12/h3-9,16H,27H2,1-2H3. The fourth-order valence-corrected chi connectivity index (χ4v) is 3.56. The average molecular weight is 460 g/mol.